The van der Waals surface area contributed by atoms with Crippen LogP contribution in [-0.4, -0.2) is 204 Å². The van der Waals surface area contributed by atoms with Gasteiger partial charge in [0.05, 0.1) is 13.2 Å². The molecule has 11 N–H and O–H groups in total. The Bertz CT molecular complexity index is 2130. The summed E-state index contributed by atoms with van der Waals surface area (Å²) in [4.78, 5) is 51.1. The van der Waals surface area contributed by atoms with Gasteiger partial charge < -0.3 is 89.1 Å². The number of aliphatic hydroxyl groups excluding tert-OH is 10. The maximum absolute atomic E-state index is 14.4. The Labute approximate surface area is 605 Å². The molecule has 594 valence electrons. The lowest BCUT2D eigenvalue weighted by molar-refractivity contribution is -0.360. The molecule has 2 heterocycles. The van der Waals surface area contributed by atoms with Gasteiger partial charge in [-0.1, -0.05) is 270 Å². The second-order valence-corrected chi connectivity index (χ2v) is 30.2. The molecule has 0 spiro atoms. The summed E-state index contributed by atoms with van der Waals surface area (Å²) in [6, 6.07) is 0. The lowest BCUT2D eigenvalue weighted by atomic mass is 9.84. The molecule has 18 atom stereocenters. The van der Waals surface area contributed by atoms with E-state index in [0.29, 0.717) is 19.3 Å². The Balaban J connectivity index is 1.71. The summed E-state index contributed by atoms with van der Waals surface area (Å²) in [6.45, 7) is 3.48. The van der Waals surface area contributed by atoms with Gasteiger partial charge in [-0.3, -0.25) is 23.4 Å². The average molecular weight is 1470 g/mol. The third-order valence-electron chi connectivity index (χ3n) is 19.8. The van der Waals surface area contributed by atoms with Gasteiger partial charge in [-0.2, -0.15) is 0 Å². The van der Waals surface area contributed by atoms with Crippen LogP contribution in [0.5, 0.6) is 0 Å². The first-order valence-electron chi connectivity index (χ1n) is 40.0. The highest BCUT2D eigenvalue weighted by Gasteiger charge is 2.58. The largest absolute Gasteiger partial charge is 0.472 e. The molecule has 0 radical (unpaired) electrons. The second kappa shape index (κ2) is 57.8. The molecule has 1 saturated carbocycles. The molecule has 0 aromatic rings. The summed E-state index contributed by atoms with van der Waals surface area (Å²) in [5.74, 6) is -1.99. The molecule has 25 heteroatoms. The van der Waals surface area contributed by atoms with Crippen LogP contribution in [0.15, 0.2) is 12.2 Å². The molecule has 101 heavy (non-hydrogen) atoms. The fraction of sp³-hybridized carbons (Fsp3) is 0.934. The molecular formula is C76H141O24P. The van der Waals surface area contributed by atoms with E-state index in [1.54, 1.807) is 0 Å². The van der Waals surface area contributed by atoms with Crippen LogP contribution >= 0.6 is 7.82 Å². The van der Waals surface area contributed by atoms with E-state index in [4.69, 9.17) is 42.2 Å². The highest BCUT2D eigenvalue weighted by Crippen LogP contribution is 2.49. The minimum Gasteiger partial charge on any atom is -0.463 e. The molecule has 0 aromatic heterocycles. The zero-order valence-electron chi connectivity index (χ0n) is 62.2. The predicted octanol–water partition coefficient (Wildman–Crippen LogP) is 11.9. The Hall–Kier alpha value is -2.30. The first-order valence-corrected chi connectivity index (χ1v) is 41.5. The van der Waals surface area contributed by atoms with Gasteiger partial charge in [-0.15, -0.1) is 0 Å². The van der Waals surface area contributed by atoms with Crippen molar-refractivity contribution in [2.45, 2.75) is 427 Å². The molecule has 1 aliphatic carbocycles. The summed E-state index contributed by atoms with van der Waals surface area (Å²) in [5, 5.41) is 110. The van der Waals surface area contributed by atoms with E-state index in [-0.39, 0.29) is 19.3 Å². The number of rotatable bonds is 63. The van der Waals surface area contributed by atoms with Gasteiger partial charge in [-0.25, -0.2) is 4.57 Å². The number of carbonyl (C=O) groups excluding carboxylic acids is 3. The van der Waals surface area contributed by atoms with Crippen molar-refractivity contribution in [3.05, 3.63) is 12.2 Å². The van der Waals surface area contributed by atoms with Crippen molar-refractivity contribution >= 4 is 25.7 Å². The molecule has 0 amide bonds. The molecule has 24 nitrogen and oxygen atoms in total. The lowest BCUT2D eigenvalue weighted by Crippen LogP contribution is -2.69. The Morgan fingerprint density at radius 1 is 0.376 bits per heavy atom. The number of esters is 3. The monoisotopic (exact) mass is 1470 g/mol. The topological polar surface area (TPSA) is 374 Å². The maximum Gasteiger partial charge on any atom is 0.472 e. The van der Waals surface area contributed by atoms with Crippen LogP contribution in [-0.2, 0) is 61.2 Å². The molecule has 3 rings (SSSR count). The van der Waals surface area contributed by atoms with Crippen LogP contribution in [0, 0.1) is 0 Å². The molecule has 0 aromatic carbocycles. The number of hydrogen-bond donors (Lipinski definition) is 11. The van der Waals surface area contributed by atoms with Crippen LogP contribution in [0.25, 0.3) is 0 Å². The van der Waals surface area contributed by atoms with Crippen molar-refractivity contribution in [1.82, 2.24) is 0 Å². The van der Waals surface area contributed by atoms with Crippen LogP contribution in [0.3, 0.4) is 0 Å². The van der Waals surface area contributed by atoms with Gasteiger partial charge in [0.2, 0.25) is 0 Å². The number of phosphoric acid groups is 1. The van der Waals surface area contributed by atoms with Gasteiger partial charge >= 0.3 is 25.7 Å². The molecule has 2 aliphatic heterocycles. The summed E-state index contributed by atoms with van der Waals surface area (Å²) >= 11 is 0. The van der Waals surface area contributed by atoms with Gasteiger partial charge in [-0.05, 0) is 44.9 Å². The minimum absolute atomic E-state index is 0.00974. The SMILES string of the molecule is CCCCCCCCC/C=C\CCCCCC(=O)OCC1OC(OC2C(O)C(O)C(O)C(OC3OC(CO)C(O)C(O)C3O)C2OP(=O)(O)OCC(COC(=O)CCCCCCCCCCCCCCCCC)OC(=O)CCCCCCCCCCCCCCCCCCC)C(O)C(O)C1O. The van der Waals surface area contributed by atoms with Crippen LogP contribution in [0.1, 0.15) is 323 Å². The van der Waals surface area contributed by atoms with E-state index in [1.807, 2.05) is 0 Å². The van der Waals surface area contributed by atoms with Gasteiger partial charge in [0, 0.05) is 19.3 Å². The van der Waals surface area contributed by atoms with Crippen molar-refractivity contribution in [2.75, 3.05) is 26.4 Å². The molecule has 18 unspecified atom stereocenters. The zero-order chi connectivity index (χ0) is 73.9. The smallest absolute Gasteiger partial charge is 0.463 e. The Morgan fingerprint density at radius 2 is 0.693 bits per heavy atom. The van der Waals surface area contributed by atoms with Crippen LogP contribution in [0.4, 0.5) is 0 Å². The molecule has 3 aliphatic rings. The highest BCUT2D eigenvalue weighted by atomic mass is 31.2. The summed E-state index contributed by atoms with van der Waals surface area (Å²) < 4.78 is 65.2. The average Bonchev–Trinajstić information content (AvgIpc) is 0.766. The molecule has 2 saturated heterocycles. The van der Waals surface area contributed by atoms with Crippen LogP contribution in [0.2, 0.25) is 0 Å². The number of phosphoric ester groups is 1. The first-order chi connectivity index (χ1) is 48.8. The Morgan fingerprint density at radius 3 is 1.08 bits per heavy atom. The molecule has 3 fully saturated rings. The third kappa shape index (κ3) is 40.5. The number of carbonyl (C=O) groups is 3. The fourth-order valence-corrected chi connectivity index (χ4v) is 14.2. The van der Waals surface area contributed by atoms with E-state index >= 15 is 0 Å². The van der Waals surface area contributed by atoms with Gasteiger partial charge in [0.1, 0.15) is 98.7 Å². The normalized spacial score (nSPS) is 27.2. The van der Waals surface area contributed by atoms with E-state index in [0.717, 1.165) is 89.9 Å². The Kier molecular flexibility index (Phi) is 53.2. The maximum atomic E-state index is 14.4. The zero-order valence-corrected chi connectivity index (χ0v) is 63.1. The number of unbranched alkanes of at least 4 members (excludes halogenated alkanes) is 40. The van der Waals surface area contributed by atoms with E-state index in [1.165, 1.54) is 173 Å². The fourth-order valence-electron chi connectivity index (χ4n) is 13.3. The van der Waals surface area contributed by atoms with Crippen molar-refractivity contribution < 1.29 is 117 Å². The number of allylic oxidation sites excluding steroid dienone is 2. The number of hydrogen-bond acceptors (Lipinski definition) is 23. The van der Waals surface area contributed by atoms with E-state index < -0.39 is 156 Å². The second-order valence-electron chi connectivity index (χ2n) is 28.8. The van der Waals surface area contributed by atoms with E-state index in [2.05, 4.69) is 32.9 Å². The quantitative estimate of drug-likeness (QED) is 0.00886. The lowest BCUT2D eigenvalue weighted by Gasteiger charge is -2.49. The minimum atomic E-state index is -5.70. The van der Waals surface area contributed by atoms with Crippen molar-refractivity contribution in [3.63, 3.8) is 0 Å². The van der Waals surface area contributed by atoms with Crippen molar-refractivity contribution in [1.29, 1.82) is 0 Å². The third-order valence-corrected chi connectivity index (χ3v) is 20.8. The summed E-state index contributed by atoms with van der Waals surface area (Å²) in [6.07, 6.45) is 18.3. The predicted molar refractivity (Wildman–Crippen MR) is 384 cm³/mol. The number of ether oxygens (including phenoxy) is 7. The summed E-state index contributed by atoms with van der Waals surface area (Å²) in [7, 11) is -5.70. The molecule has 0 bridgehead atoms. The summed E-state index contributed by atoms with van der Waals surface area (Å²) in [5.41, 5.74) is 0. The standard InChI is InChI=1S/C76H141O24P/c1-4-7-10-13-16-19-22-25-28-29-31-34-37-40-43-46-49-52-62(80)95-57(54-92-60(78)50-47-44-41-38-36-33-30-26-23-20-17-14-11-8-5-2)55-94-101(90,91)100-74-72(98-75-70(88)65(83)63(81)58(53-77)96-75)68(86)67(85)69(87)73(74)99-76-71(89)66(84)64(82)59(97-76)56-93-61(79)51-48-45-42-39-35-32-27-24-21-18-15-12-9-6-3/h32,35,57-59,63-77,81-89H,4-31,33-34,36-56H2,1-3H3,(H,90,91)/b35-32-. The van der Waals surface area contributed by atoms with Crippen molar-refractivity contribution in [2.24, 2.45) is 0 Å². The highest BCUT2D eigenvalue weighted by molar-refractivity contribution is 7.47. The van der Waals surface area contributed by atoms with Crippen molar-refractivity contribution in [3.8, 4) is 0 Å². The number of aliphatic hydroxyl groups is 10. The van der Waals surface area contributed by atoms with Crippen LogP contribution < -0.4 is 0 Å². The van der Waals surface area contributed by atoms with E-state index in [9.17, 15) is 74.9 Å². The van der Waals surface area contributed by atoms with Gasteiger partial charge in [0.15, 0.2) is 18.7 Å². The molecular weight excluding hydrogens is 1330 g/mol. The van der Waals surface area contributed by atoms with Gasteiger partial charge in [0.25, 0.3) is 0 Å². The first kappa shape index (κ1) is 92.9.